The van der Waals surface area contributed by atoms with Crippen LogP contribution in [0.1, 0.15) is 36.4 Å². The normalized spacial score (nSPS) is 11.9. The number of esters is 1. The summed E-state index contributed by atoms with van der Waals surface area (Å²) >= 11 is 0. The fourth-order valence-electron chi connectivity index (χ4n) is 2.01. The lowest BCUT2D eigenvalue weighted by atomic mass is 10.1. The molecule has 0 spiro atoms. The second-order valence-corrected chi connectivity index (χ2v) is 4.78. The quantitative estimate of drug-likeness (QED) is 0.792. The number of carbonyl (C=O) groups is 1. The second kappa shape index (κ2) is 7.47. The minimum Gasteiger partial charge on any atom is -0.469 e. The van der Waals surface area contributed by atoms with Crippen LogP contribution in [0.15, 0.2) is 41.1 Å². The van der Waals surface area contributed by atoms with Gasteiger partial charge >= 0.3 is 5.97 Å². The fourth-order valence-corrected chi connectivity index (χ4v) is 2.01. The highest BCUT2D eigenvalue weighted by molar-refractivity contribution is 5.94. The molecule has 21 heavy (non-hydrogen) atoms. The first-order chi connectivity index (χ1) is 10.2. The summed E-state index contributed by atoms with van der Waals surface area (Å²) in [6.07, 6.45) is 5.05. The zero-order valence-corrected chi connectivity index (χ0v) is 12.3. The van der Waals surface area contributed by atoms with Crippen molar-refractivity contribution in [1.82, 2.24) is 4.98 Å². The average molecular weight is 288 g/mol. The van der Waals surface area contributed by atoms with E-state index in [1.54, 1.807) is 31.5 Å². The van der Waals surface area contributed by atoms with Gasteiger partial charge in [-0.2, -0.15) is 0 Å². The predicted octanol–water partition coefficient (Wildman–Crippen LogP) is 3.28. The Morgan fingerprint density at radius 2 is 2.29 bits per heavy atom. The van der Waals surface area contributed by atoms with E-state index in [-0.39, 0.29) is 12.0 Å². The van der Waals surface area contributed by atoms with Crippen LogP contribution in [0.3, 0.4) is 0 Å². The van der Waals surface area contributed by atoms with Crippen molar-refractivity contribution in [3.63, 3.8) is 0 Å². The highest BCUT2D eigenvalue weighted by Crippen LogP contribution is 2.16. The van der Waals surface area contributed by atoms with Crippen molar-refractivity contribution in [2.75, 3.05) is 11.9 Å². The zero-order valence-electron chi connectivity index (χ0n) is 12.3. The number of hydrogen-bond donors (Lipinski definition) is 1. The van der Waals surface area contributed by atoms with Gasteiger partial charge in [0.1, 0.15) is 17.1 Å². The number of rotatable bonds is 7. The monoisotopic (exact) mass is 288 g/mol. The fraction of sp³-hybridized carbons (Fsp3) is 0.375. The van der Waals surface area contributed by atoms with Gasteiger partial charge in [-0.05, 0) is 44.5 Å². The number of aryl methyl sites for hydroxylation is 1. The van der Waals surface area contributed by atoms with Crippen molar-refractivity contribution < 1.29 is 13.9 Å². The van der Waals surface area contributed by atoms with Crippen LogP contribution in [0.2, 0.25) is 0 Å². The lowest BCUT2D eigenvalue weighted by Gasteiger charge is -2.16. The molecule has 112 valence electrons. The molecule has 0 saturated carbocycles. The van der Waals surface area contributed by atoms with Crippen LogP contribution >= 0.6 is 0 Å². The highest BCUT2D eigenvalue weighted by Gasteiger charge is 2.15. The number of nitrogens with one attached hydrogen (secondary N) is 1. The summed E-state index contributed by atoms with van der Waals surface area (Å²) in [7, 11) is 0. The Balaban J connectivity index is 1.96. The van der Waals surface area contributed by atoms with Gasteiger partial charge in [0, 0.05) is 18.7 Å². The van der Waals surface area contributed by atoms with Crippen molar-refractivity contribution in [1.29, 1.82) is 0 Å². The molecule has 0 aliphatic rings. The van der Waals surface area contributed by atoms with Gasteiger partial charge in [0.05, 0.1) is 12.9 Å². The van der Waals surface area contributed by atoms with Crippen molar-refractivity contribution in [3.05, 3.63) is 48.0 Å². The summed E-state index contributed by atoms with van der Waals surface area (Å²) in [5, 5.41) is 3.26. The van der Waals surface area contributed by atoms with E-state index in [9.17, 15) is 4.79 Å². The Labute approximate surface area is 124 Å². The molecule has 0 aliphatic heterocycles. The van der Waals surface area contributed by atoms with Crippen molar-refractivity contribution in [3.8, 4) is 0 Å². The molecule has 2 aromatic rings. The maximum absolute atomic E-state index is 11.9. The molecule has 1 unspecified atom stereocenters. The first kappa shape index (κ1) is 15.1. The van der Waals surface area contributed by atoms with E-state index in [2.05, 4.69) is 10.3 Å². The number of ether oxygens (including phenoxy) is 1. The van der Waals surface area contributed by atoms with E-state index < -0.39 is 0 Å². The van der Waals surface area contributed by atoms with E-state index in [1.165, 1.54) is 0 Å². The number of furan rings is 1. The summed E-state index contributed by atoms with van der Waals surface area (Å²) in [4.78, 5) is 16.1. The minimum atomic E-state index is -0.355. The van der Waals surface area contributed by atoms with Crippen molar-refractivity contribution in [2.45, 2.75) is 32.7 Å². The SMILES string of the molecule is CCOC(=O)c1cccnc1NC(C)CCc1ccco1. The molecule has 0 fully saturated rings. The van der Waals surface area contributed by atoms with Crippen LogP contribution < -0.4 is 5.32 Å². The van der Waals surface area contributed by atoms with Crippen LogP contribution in [0.25, 0.3) is 0 Å². The Morgan fingerprint density at radius 3 is 3.00 bits per heavy atom. The number of anilines is 1. The predicted molar refractivity (Wildman–Crippen MR) is 80.3 cm³/mol. The summed E-state index contributed by atoms with van der Waals surface area (Å²) in [5.41, 5.74) is 0.462. The minimum absolute atomic E-state index is 0.165. The lowest BCUT2D eigenvalue weighted by molar-refractivity contribution is 0.0527. The number of pyridine rings is 1. The molecule has 2 aromatic heterocycles. The third kappa shape index (κ3) is 4.34. The maximum Gasteiger partial charge on any atom is 0.341 e. The number of aromatic nitrogens is 1. The molecule has 1 atom stereocenters. The molecule has 5 nitrogen and oxygen atoms in total. The van der Waals surface area contributed by atoms with Crippen LogP contribution in [0.4, 0.5) is 5.82 Å². The van der Waals surface area contributed by atoms with E-state index >= 15 is 0 Å². The molecule has 1 N–H and O–H groups in total. The summed E-state index contributed by atoms with van der Waals surface area (Å²) in [6.45, 7) is 4.18. The third-order valence-electron chi connectivity index (χ3n) is 3.09. The topological polar surface area (TPSA) is 64.4 Å². The molecular formula is C16H20N2O3. The van der Waals surface area contributed by atoms with E-state index in [1.807, 2.05) is 19.1 Å². The van der Waals surface area contributed by atoms with Crippen molar-refractivity contribution >= 4 is 11.8 Å². The van der Waals surface area contributed by atoms with Gasteiger partial charge in [-0.3, -0.25) is 0 Å². The molecule has 0 aliphatic carbocycles. The molecule has 0 bridgehead atoms. The van der Waals surface area contributed by atoms with Gasteiger partial charge in [-0.15, -0.1) is 0 Å². The molecular weight excluding hydrogens is 268 g/mol. The molecule has 2 heterocycles. The molecule has 2 rings (SSSR count). The van der Waals surface area contributed by atoms with E-state index in [4.69, 9.17) is 9.15 Å². The van der Waals surface area contributed by atoms with Crippen LogP contribution in [-0.4, -0.2) is 23.6 Å². The number of nitrogens with zero attached hydrogens (tertiary/aromatic N) is 1. The van der Waals surface area contributed by atoms with Crippen LogP contribution in [0.5, 0.6) is 0 Å². The first-order valence-electron chi connectivity index (χ1n) is 7.11. The Hall–Kier alpha value is -2.30. The van der Waals surface area contributed by atoms with E-state index in [0.717, 1.165) is 18.6 Å². The molecule has 0 aromatic carbocycles. The van der Waals surface area contributed by atoms with Gasteiger partial charge in [0.25, 0.3) is 0 Å². The first-order valence-corrected chi connectivity index (χ1v) is 7.11. The smallest absolute Gasteiger partial charge is 0.341 e. The standard InChI is InChI=1S/C16H20N2O3/c1-3-20-16(19)14-7-4-10-17-15(14)18-12(2)8-9-13-6-5-11-21-13/h4-7,10-12H,3,8-9H2,1-2H3,(H,17,18). The Kier molecular flexibility index (Phi) is 5.37. The van der Waals surface area contributed by atoms with Crippen molar-refractivity contribution in [2.24, 2.45) is 0 Å². The Morgan fingerprint density at radius 1 is 1.43 bits per heavy atom. The zero-order chi connectivity index (χ0) is 15.1. The third-order valence-corrected chi connectivity index (χ3v) is 3.09. The number of hydrogen-bond acceptors (Lipinski definition) is 5. The molecule has 0 radical (unpaired) electrons. The summed E-state index contributed by atoms with van der Waals surface area (Å²) < 4.78 is 10.3. The van der Waals surface area contributed by atoms with Crippen LogP contribution in [-0.2, 0) is 11.2 Å². The molecule has 0 amide bonds. The average Bonchev–Trinajstić information content (AvgIpc) is 2.99. The highest BCUT2D eigenvalue weighted by atomic mass is 16.5. The lowest BCUT2D eigenvalue weighted by Crippen LogP contribution is -2.19. The van der Waals surface area contributed by atoms with Gasteiger partial charge in [-0.1, -0.05) is 0 Å². The van der Waals surface area contributed by atoms with Gasteiger partial charge in [0.15, 0.2) is 0 Å². The number of carbonyl (C=O) groups excluding carboxylic acids is 1. The van der Waals surface area contributed by atoms with E-state index in [0.29, 0.717) is 18.0 Å². The van der Waals surface area contributed by atoms with Crippen LogP contribution in [0, 0.1) is 0 Å². The maximum atomic E-state index is 11.9. The second-order valence-electron chi connectivity index (χ2n) is 4.78. The van der Waals surface area contributed by atoms with Gasteiger partial charge in [0.2, 0.25) is 0 Å². The summed E-state index contributed by atoms with van der Waals surface area (Å²) in [5.74, 6) is 1.16. The largest absolute Gasteiger partial charge is 0.469 e. The van der Waals surface area contributed by atoms with Gasteiger partial charge in [-0.25, -0.2) is 9.78 Å². The summed E-state index contributed by atoms with van der Waals surface area (Å²) in [6, 6.07) is 7.44. The molecule has 5 heteroatoms. The van der Waals surface area contributed by atoms with Gasteiger partial charge < -0.3 is 14.5 Å². The molecule has 0 saturated heterocycles. The Bertz CT molecular complexity index is 567.